The summed E-state index contributed by atoms with van der Waals surface area (Å²) < 4.78 is 0. The van der Waals surface area contributed by atoms with Gasteiger partial charge in [0.25, 0.3) is 5.56 Å². The first-order chi connectivity index (χ1) is 11.1. The lowest BCUT2D eigenvalue weighted by atomic mass is 10.2. The Morgan fingerprint density at radius 1 is 1.30 bits per heavy atom. The maximum Gasteiger partial charge on any atom is 0.321 e. The molecule has 1 rings (SSSR count). The van der Waals surface area contributed by atoms with Crippen LogP contribution < -0.4 is 16.2 Å². The van der Waals surface area contributed by atoms with Crippen LogP contribution >= 0.6 is 0 Å². The van der Waals surface area contributed by atoms with Gasteiger partial charge in [-0.25, -0.2) is 19.6 Å². The number of nitrogens with zero attached hydrogens (tertiary/aromatic N) is 2. The van der Waals surface area contributed by atoms with Gasteiger partial charge in [-0.3, -0.25) is 15.1 Å². The number of carbonyl (C=O) groups excluding carboxylic acids is 2. The number of hydrogen-bond acceptors (Lipinski definition) is 5. The first kappa shape index (κ1) is 18.6. The fourth-order valence-electron chi connectivity index (χ4n) is 2.15. The number of unbranched alkanes of at least 4 members (excludes halogenated alkanes) is 3. The van der Waals surface area contributed by atoms with E-state index in [-0.39, 0.29) is 11.5 Å². The van der Waals surface area contributed by atoms with E-state index < -0.39 is 6.03 Å². The lowest BCUT2D eigenvalue weighted by Crippen LogP contribution is -2.31. The van der Waals surface area contributed by atoms with Gasteiger partial charge in [-0.2, -0.15) is 0 Å². The van der Waals surface area contributed by atoms with E-state index in [2.05, 4.69) is 25.6 Å². The van der Waals surface area contributed by atoms with Crippen LogP contribution in [-0.4, -0.2) is 35.2 Å². The van der Waals surface area contributed by atoms with Crippen LogP contribution in [0, 0.1) is 6.92 Å². The van der Waals surface area contributed by atoms with E-state index in [0.717, 1.165) is 25.7 Å². The number of nitrogens with one attached hydrogen (secondary N) is 3. The highest BCUT2D eigenvalue weighted by atomic mass is 16.2. The summed E-state index contributed by atoms with van der Waals surface area (Å²) in [6.07, 6.45) is 5.65. The van der Waals surface area contributed by atoms with Crippen LogP contribution in [0.1, 0.15) is 43.9 Å². The van der Waals surface area contributed by atoms with Crippen LogP contribution in [-0.2, 0) is 11.2 Å². The molecule has 3 N–H and O–H groups in total. The zero-order valence-corrected chi connectivity index (χ0v) is 13.6. The molecular formula is C15H23N5O3. The molecule has 2 amide bonds. The number of H-pyrrole nitrogens is 1. The molecule has 126 valence electrons. The summed E-state index contributed by atoms with van der Waals surface area (Å²) >= 11 is 0. The summed E-state index contributed by atoms with van der Waals surface area (Å²) in [7, 11) is 0. The molecule has 1 aromatic heterocycles. The first-order valence-electron chi connectivity index (χ1n) is 7.76. The van der Waals surface area contributed by atoms with Gasteiger partial charge in [-0.15, -0.1) is 0 Å². The smallest absolute Gasteiger partial charge is 0.321 e. The van der Waals surface area contributed by atoms with Crippen molar-refractivity contribution in [2.24, 2.45) is 4.99 Å². The van der Waals surface area contributed by atoms with Crippen LogP contribution in [0.3, 0.4) is 0 Å². The van der Waals surface area contributed by atoms with Gasteiger partial charge >= 0.3 is 6.03 Å². The topological polar surface area (TPSA) is 116 Å². The average Bonchev–Trinajstić information content (AvgIpc) is 2.49. The third kappa shape index (κ3) is 6.88. The molecule has 0 aliphatic carbocycles. The maximum atomic E-state index is 11.8. The third-order valence-electron chi connectivity index (χ3n) is 3.35. The number of hydrogen-bond donors (Lipinski definition) is 3. The lowest BCUT2D eigenvalue weighted by Gasteiger charge is -2.08. The fourth-order valence-corrected chi connectivity index (χ4v) is 2.15. The van der Waals surface area contributed by atoms with Crippen molar-refractivity contribution in [1.82, 2.24) is 15.3 Å². The summed E-state index contributed by atoms with van der Waals surface area (Å²) in [4.78, 5) is 43.6. The van der Waals surface area contributed by atoms with Crippen molar-refractivity contribution in [3.05, 3.63) is 21.6 Å². The summed E-state index contributed by atoms with van der Waals surface area (Å²) in [5.74, 6) is 0.147. The summed E-state index contributed by atoms with van der Waals surface area (Å²) in [6.45, 7) is 4.65. The Hall–Kier alpha value is -2.47. The molecule has 0 spiro atoms. The minimum absolute atomic E-state index is 0.147. The van der Waals surface area contributed by atoms with Crippen molar-refractivity contribution in [1.29, 1.82) is 0 Å². The quantitative estimate of drug-likeness (QED) is 0.364. The van der Waals surface area contributed by atoms with E-state index in [4.69, 9.17) is 0 Å². The second kappa shape index (κ2) is 10.3. The third-order valence-corrected chi connectivity index (χ3v) is 3.35. The van der Waals surface area contributed by atoms with Gasteiger partial charge in [-0.1, -0.05) is 19.8 Å². The Kier molecular flexibility index (Phi) is 8.31. The first-order valence-corrected chi connectivity index (χ1v) is 7.76. The van der Waals surface area contributed by atoms with Crippen molar-refractivity contribution in [2.45, 2.75) is 46.0 Å². The lowest BCUT2D eigenvalue weighted by molar-refractivity contribution is 0.251. The molecule has 8 heteroatoms. The fraction of sp³-hybridized carbons (Fsp3) is 0.600. The van der Waals surface area contributed by atoms with Crippen molar-refractivity contribution in [3.8, 4) is 0 Å². The SMILES string of the molecule is CCc1c(C)nc(NC(=O)NCCCCCCN=C=O)[nH]c1=O. The predicted octanol–water partition coefficient (Wildman–Crippen LogP) is 1.66. The molecule has 0 aromatic carbocycles. The molecular weight excluding hydrogens is 298 g/mol. The van der Waals surface area contributed by atoms with Crippen LogP contribution in [0.2, 0.25) is 0 Å². The number of rotatable bonds is 9. The number of carbonyl (C=O) groups is 1. The largest absolute Gasteiger partial charge is 0.338 e. The van der Waals surface area contributed by atoms with E-state index in [0.29, 0.717) is 30.8 Å². The molecule has 1 aromatic rings. The second-order valence-corrected chi connectivity index (χ2v) is 5.10. The Balaban J connectivity index is 2.29. The molecule has 8 nitrogen and oxygen atoms in total. The van der Waals surface area contributed by atoms with E-state index in [1.807, 2.05) is 6.92 Å². The van der Waals surface area contributed by atoms with Crippen molar-refractivity contribution >= 4 is 18.1 Å². The zero-order chi connectivity index (χ0) is 17.1. The highest BCUT2D eigenvalue weighted by Crippen LogP contribution is 2.03. The van der Waals surface area contributed by atoms with Crippen molar-refractivity contribution < 1.29 is 9.59 Å². The number of aromatic amines is 1. The molecule has 1 heterocycles. The Morgan fingerprint density at radius 2 is 2.04 bits per heavy atom. The number of amides is 2. The predicted molar refractivity (Wildman–Crippen MR) is 87.5 cm³/mol. The molecule has 0 fully saturated rings. The Morgan fingerprint density at radius 3 is 2.70 bits per heavy atom. The van der Waals surface area contributed by atoms with E-state index in [1.54, 1.807) is 6.92 Å². The minimum atomic E-state index is -0.401. The summed E-state index contributed by atoms with van der Waals surface area (Å²) in [5, 5.41) is 5.22. The van der Waals surface area contributed by atoms with Gasteiger partial charge in [0, 0.05) is 17.8 Å². The van der Waals surface area contributed by atoms with Crippen molar-refractivity contribution in [3.63, 3.8) is 0 Å². The normalized spacial score (nSPS) is 10.0. The number of isocyanates is 1. The van der Waals surface area contributed by atoms with Gasteiger partial charge in [0.1, 0.15) is 0 Å². The van der Waals surface area contributed by atoms with E-state index in [9.17, 15) is 14.4 Å². The number of urea groups is 1. The van der Waals surface area contributed by atoms with E-state index in [1.165, 1.54) is 6.08 Å². The molecule has 0 aliphatic heterocycles. The highest BCUT2D eigenvalue weighted by molar-refractivity contribution is 5.87. The van der Waals surface area contributed by atoms with Crippen LogP contribution in [0.4, 0.5) is 10.7 Å². The van der Waals surface area contributed by atoms with Crippen LogP contribution in [0.25, 0.3) is 0 Å². The molecule has 0 saturated carbocycles. The molecule has 23 heavy (non-hydrogen) atoms. The highest BCUT2D eigenvalue weighted by Gasteiger charge is 2.08. The molecule has 0 unspecified atom stereocenters. The van der Waals surface area contributed by atoms with Crippen molar-refractivity contribution in [2.75, 3.05) is 18.4 Å². The van der Waals surface area contributed by atoms with Crippen LogP contribution in [0.5, 0.6) is 0 Å². The van der Waals surface area contributed by atoms with Gasteiger partial charge in [-0.05, 0) is 26.2 Å². The van der Waals surface area contributed by atoms with E-state index >= 15 is 0 Å². The molecule has 0 aliphatic rings. The number of aliphatic imine (C=N–C) groups is 1. The second-order valence-electron chi connectivity index (χ2n) is 5.10. The monoisotopic (exact) mass is 321 g/mol. The van der Waals surface area contributed by atoms with Gasteiger partial charge in [0.15, 0.2) is 0 Å². The average molecular weight is 321 g/mol. The zero-order valence-electron chi connectivity index (χ0n) is 13.6. The van der Waals surface area contributed by atoms with Crippen LogP contribution in [0.15, 0.2) is 9.79 Å². The number of aromatic nitrogens is 2. The maximum absolute atomic E-state index is 11.8. The summed E-state index contributed by atoms with van der Waals surface area (Å²) in [5.41, 5.74) is 1.01. The Labute approximate surface area is 134 Å². The molecule has 0 atom stereocenters. The summed E-state index contributed by atoms with van der Waals surface area (Å²) in [6, 6.07) is -0.401. The number of aryl methyl sites for hydroxylation is 1. The van der Waals surface area contributed by atoms with Gasteiger partial charge in [0.05, 0.1) is 6.54 Å². The minimum Gasteiger partial charge on any atom is -0.338 e. The molecule has 0 radical (unpaired) electrons. The standard InChI is InChI=1S/C15H23N5O3/c1-3-12-11(2)18-14(19-13(12)22)20-15(23)17-9-7-5-4-6-8-16-10-21/h3-9H2,1-2H3,(H3,17,18,19,20,22,23). The van der Waals surface area contributed by atoms with Gasteiger partial charge in [0.2, 0.25) is 12.0 Å². The van der Waals surface area contributed by atoms with Gasteiger partial charge < -0.3 is 5.32 Å². The molecule has 0 bridgehead atoms. The molecule has 0 saturated heterocycles. The number of anilines is 1. The Bertz CT molecular complexity index is 620.